The van der Waals surface area contributed by atoms with E-state index in [1.807, 2.05) is 45.0 Å². The normalized spacial score (nSPS) is 11.3. The van der Waals surface area contributed by atoms with E-state index >= 15 is 0 Å². The van der Waals surface area contributed by atoms with Crippen molar-refractivity contribution >= 4 is 11.6 Å². The van der Waals surface area contributed by atoms with Crippen molar-refractivity contribution in [2.24, 2.45) is 5.73 Å². The van der Waals surface area contributed by atoms with E-state index in [0.717, 1.165) is 11.3 Å². The summed E-state index contributed by atoms with van der Waals surface area (Å²) in [6.07, 6.45) is 0. The number of nitrogens with two attached hydrogens (primary N) is 1. The number of carbonyl (C=O) groups is 1. The minimum absolute atomic E-state index is 0.0120. The van der Waals surface area contributed by atoms with E-state index in [0.29, 0.717) is 6.54 Å². The Morgan fingerprint density at radius 2 is 1.94 bits per heavy atom. The first-order valence-corrected chi connectivity index (χ1v) is 5.63. The van der Waals surface area contributed by atoms with Crippen LogP contribution in [0.15, 0.2) is 24.3 Å². The van der Waals surface area contributed by atoms with E-state index in [9.17, 15) is 4.79 Å². The average Bonchev–Trinajstić information content (AvgIpc) is 2.30. The maximum atomic E-state index is 11.6. The van der Waals surface area contributed by atoms with Crippen molar-refractivity contribution in [3.63, 3.8) is 0 Å². The quantitative estimate of drug-likeness (QED) is 0.817. The number of rotatable bonds is 5. The van der Waals surface area contributed by atoms with Crippen LogP contribution < -0.4 is 11.1 Å². The second kappa shape index (κ2) is 5.80. The second-order valence-corrected chi connectivity index (χ2v) is 4.67. The first kappa shape index (κ1) is 13.7. The molecule has 17 heavy (non-hydrogen) atoms. The number of aryl methyl sites for hydroxylation is 1. The van der Waals surface area contributed by atoms with Crippen LogP contribution in [0.5, 0.6) is 0 Å². The third-order valence-electron chi connectivity index (χ3n) is 2.42. The summed E-state index contributed by atoms with van der Waals surface area (Å²) in [4.78, 5) is 11.6. The molecule has 1 rings (SSSR count). The Morgan fingerprint density at radius 1 is 1.35 bits per heavy atom. The largest absolute Gasteiger partial charge is 0.364 e. The van der Waals surface area contributed by atoms with Gasteiger partial charge >= 0.3 is 0 Å². The molecular formula is C13H20N2O2. The minimum atomic E-state index is -0.468. The maximum Gasteiger partial charge on any atom is 0.250 e. The highest BCUT2D eigenvalue weighted by Crippen LogP contribution is 2.10. The van der Waals surface area contributed by atoms with Crippen molar-refractivity contribution in [3.8, 4) is 0 Å². The molecule has 0 atom stereocenters. The Bertz CT molecular complexity index is 372. The molecule has 0 aliphatic carbocycles. The van der Waals surface area contributed by atoms with Gasteiger partial charge in [0.15, 0.2) is 0 Å². The van der Waals surface area contributed by atoms with E-state index in [2.05, 4.69) is 5.32 Å². The number of amides is 1. The zero-order valence-corrected chi connectivity index (χ0v) is 10.6. The number of ether oxygens (including phenoxy) is 1. The number of anilines is 1. The summed E-state index contributed by atoms with van der Waals surface area (Å²) >= 11 is 0. The van der Waals surface area contributed by atoms with Gasteiger partial charge in [-0.25, -0.2) is 0 Å². The smallest absolute Gasteiger partial charge is 0.250 e. The highest BCUT2D eigenvalue weighted by molar-refractivity contribution is 5.91. The molecule has 0 fully saturated rings. The first-order chi connectivity index (χ1) is 7.93. The predicted octanol–water partition coefficient (Wildman–Crippen LogP) is 1.69. The lowest BCUT2D eigenvalue weighted by atomic mass is 10.1. The van der Waals surface area contributed by atoms with Crippen LogP contribution in [0, 0.1) is 6.92 Å². The first-order valence-electron chi connectivity index (χ1n) is 5.63. The standard InChI is InChI=1S/C13H20N2O2/c1-10-4-6-11(7-5-10)15-12(16)8-17-13(2,3)9-14/h4-7H,8-9,14H2,1-3H3,(H,15,16). The van der Waals surface area contributed by atoms with Crippen LogP contribution in [0.3, 0.4) is 0 Å². The summed E-state index contributed by atoms with van der Waals surface area (Å²) in [6, 6.07) is 7.61. The molecule has 0 aliphatic rings. The van der Waals surface area contributed by atoms with Gasteiger partial charge in [0.25, 0.3) is 0 Å². The van der Waals surface area contributed by atoms with Crippen LogP contribution >= 0.6 is 0 Å². The van der Waals surface area contributed by atoms with E-state index in [-0.39, 0.29) is 12.5 Å². The fourth-order valence-electron chi connectivity index (χ4n) is 1.15. The molecule has 0 saturated heterocycles. The fourth-order valence-corrected chi connectivity index (χ4v) is 1.15. The van der Waals surface area contributed by atoms with E-state index in [4.69, 9.17) is 10.5 Å². The second-order valence-electron chi connectivity index (χ2n) is 4.67. The third kappa shape index (κ3) is 4.97. The van der Waals surface area contributed by atoms with Gasteiger partial charge in [-0.2, -0.15) is 0 Å². The van der Waals surface area contributed by atoms with Gasteiger partial charge in [0, 0.05) is 12.2 Å². The Morgan fingerprint density at radius 3 is 2.47 bits per heavy atom. The van der Waals surface area contributed by atoms with Gasteiger partial charge in [0.1, 0.15) is 6.61 Å². The molecule has 4 nitrogen and oxygen atoms in total. The summed E-state index contributed by atoms with van der Waals surface area (Å²) in [5.74, 6) is -0.171. The van der Waals surface area contributed by atoms with Crippen LogP contribution in [0.2, 0.25) is 0 Å². The van der Waals surface area contributed by atoms with Crippen LogP contribution in [-0.4, -0.2) is 24.7 Å². The molecule has 0 bridgehead atoms. The van der Waals surface area contributed by atoms with Crippen LogP contribution in [0.25, 0.3) is 0 Å². The monoisotopic (exact) mass is 236 g/mol. The molecule has 0 radical (unpaired) electrons. The average molecular weight is 236 g/mol. The third-order valence-corrected chi connectivity index (χ3v) is 2.42. The van der Waals surface area contributed by atoms with Crippen LogP contribution in [0.4, 0.5) is 5.69 Å². The summed E-state index contributed by atoms with van der Waals surface area (Å²) in [7, 11) is 0. The van der Waals surface area contributed by atoms with Gasteiger partial charge in [-0.05, 0) is 32.9 Å². The molecule has 4 heteroatoms. The number of carbonyl (C=O) groups excluding carboxylic acids is 1. The van der Waals surface area contributed by atoms with Gasteiger partial charge in [-0.15, -0.1) is 0 Å². The number of hydrogen-bond acceptors (Lipinski definition) is 3. The lowest BCUT2D eigenvalue weighted by Crippen LogP contribution is -2.36. The van der Waals surface area contributed by atoms with E-state index in [1.165, 1.54) is 0 Å². The fraction of sp³-hybridized carbons (Fsp3) is 0.462. The zero-order chi connectivity index (χ0) is 12.9. The Balaban J connectivity index is 2.42. The Hall–Kier alpha value is -1.39. The zero-order valence-electron chi connectivity index (χ0n) is 10.6. The minimum Gasteiger partial charge on any atom is -0.364 e. The molecule has 0 spiro atoms. The predicted molar refractivity (Wildman–Crippen MR) is 68.9 cm³/mol. The lowest BCUT2D eigenvalue weighted by molar-refractivity contribution is -0.125. The van der Waals surface area contributed by atoms with Gasteiger partial charge in [-0.1, -0.05) is 17.7 Å². The van der Waals surface area contributed by atoms with Crippen molar-refractivity contribution in [1.82, 2.24) is 0 Å². The molecule has 3 N–H and O–H groups in total. The number of nitrogens with one attached hydrogen (secondary N) is 1. The summed E-state index contributed by atoms with van der Waals surface area (Å²) < 4.78 is 5.40. The molecule has 0 unspecified atom stereocenters. The van der Waals surface area contributed by atoms with Crippen molar-refractivity contribution in [2.75, 3.05) is 18.5 Å². The summed E-state index contributed by atoms with van der Waals surface area (Å²) in [6.45, 7) is 6.10. The Kier molecular flexibility index (Phi) is 4.66. The highest BCUT2D eigenvalue weighted by atomic mass is 16.5. The molecule has 0 aliphatic heterocycles. The molecular weight excluding hydrogens is 216 g/mol. The van der Waals surface area contributed by atoms with Gasteiger partial charge in [-0.3, -0.25) is 4.79 Å². The molecule has 1 aromatic carbocycles. The van der Waals surface area contributed by atoms with Gasteiger partial charge < -0.3 is 15.8 Å². The topological polar surface area (TPSA) is 64.3 Å². The van der Waals surface area contributed by atoms with Crippen LogP contribution in [-0.2, 0) is 9.53 Å². The summed E-state index contributed by atoms with van der Waals surface area (Å²) in [5.41, 5.74) is 6.97. The molecule has 0 saturated carbocycles. The maximum absolute atomic E-state index is 11.6. The van der Waals surface area contributed by atoms with Crippen molar-refractivity contribution in [3.05, 3.63) is 29.8 Å². The van der Waals surface area contributed by atoms with Gasteiger partial charge in [0.2, 0.25) is 5.91 Å². The lowest BCUT2D eigenvalue weighted by Gasteiger charge is -2.22. The molecule has 1 aromatic rings. The summed E-state index contributed by atoms with van der Waals surface area (Å²) in [5, 5.41) is 2.76. The van der Waals surface area contributed by atoms with Crippen molar-refractivity contribution in [1.29, 1.82) is 0 Å². The number of benzene rings is 1. The number of hydrogen-bond donors (Lipinski definition) is 2. The molecule has 0 heterocycles. The van der Waals surface area contributed by atoms with Crippen LogP contribution in [0.1, 0.15) is 19.4 Å². The van der Waals surface area contributed by atoms with Crippen molar-refractivity contribution < 1.29 is 9.53 Å². The Labute approximate surface area is 102 Å². The molecule has 1 amide bonds. The van der Waals surface area contributed by atoms with E-state index < -0.39 is 5.60 Å². The molecule has 94 valence electrons. The molecule has 0 aromatic heterocycles. The SMILES string of the molecule is Cc1ccc(NC(=O)COC(C)(C)CN)cc1. The van der Waals surface area contributed by atoms with Gasteiger partial charge in [0.05, 0.1) is 5.60 Å². The van der Waals surface area contributed by atoms with E-state index in [1.54, 1.807) is 0 Å². The van der Waals surface area contributed by atoms with Crippen molar-refractivity contribution in [2.45, 2.75) is 26.4 Å². The highest BCUT2D eigenvalue weighted by Gasteiger charge is 2.17.